The van der Waals surface area contributed by atoms with Crippen molar-refractivity contribution in [1.29, 1.82) is 0 Å². The number of aliphatic carboxylic acids is 1. The predicted octanol–water partition coefficient (Wildman–Crippen LogP) is 1.97. The smallest absolute Gasteiger partial charge is 0.332 e. The molecule has 0 aliphatic heterocycles. The highest BCUT2D eigenvalue weighted by molar-refractivity contribution is 7.99. The molecule has 0 radical (unpaired) electrons. The van der Waals surface area contributed by atoms with Crippen molar-refractivity contribution in [2.24, 2.45) is 14.1 Å². The van der Waals surface area contributed by atoms with Crippen LogP contribution in [0.25, 0.3) is 11.2 Å². The molecule has 0 spiro atoms. The fourth-order valence-corrected chi connectivity index (χ4v) is 3.81. The number of aryl methyl sites for hydroxylation is 1. The zero-order valence-corrected chi connectivity index (χ0v) is 16.6. The monoisotopic (exact) mass is 428 g/mol. The molecule has 0 unspecified atom stereocenters. The van der Waals surface area contributed by atoms with Gasteiger partial charge >= 0.3 is 11.7 Å². The second-order valence-corrected chi connectivity index (χ2v) is 7.56. The summed E-state index contributed by atoms with van der Waals surface area (Å²) < 4.78 is 3.80. The van der Waals surface area contributed by atoms with E-state index in [1.807, 2.05) is 0 Å². The third kappa shape index (κ3) is 3.62. The summed E-state index contributed by atoms with van der Waals surface area (Å²) in [6.07, 6.45) is 0. The SMILES string of the molecule is Cn1c(=O)c2c(nc(SCC(=O)O)n2Cc2ccc(Cl)cc2Cl)n(C)c1=O. The number of halogens is 2. The number of imidazole rings is 1. The van der Waals surface area contributed by atoms with Gasteiger partial charge in [-0.25, -0.2) is 9.78 Å². The van der Waals surface area contributed by atoms with Crippen LogP contribution in [0, 0.1) is 0 Å². The predicted molar refractivity (Wildman–Crippen MR) is 104 cm³/mol. The second kappa shape index (κ2) is 7.41. The number of rotatable bonds is 5. The van der Waals surface area contributed by atoms with Crippen LogP contribution in [0.5, 0.6) is 0 Å². The van der Waals surface area contributed by atoms with Gasteiger partial charge in [0.2, 0.25) is 0 Å². The number of aromatic nitrogens is 4. The van der Waals surface area contributed by atoms with E-state index in [4.69, 9.17) is 28.3 Å². The number of thioether (sulfide) groups is 1. The number of fused-ring (bicyclic) bond motifs is 1. The average molecular weight is 429 g/mol. The van der Waals surface area contributed by atoms with E-state index in [9.17, 15) is 14.4 Å². The molecule has 0 amide bonds. The number of nitrogens with zero attached hydrogens (tertiary/aromatic N) is 4. The van der Waals surface area contributed by atoms with Gasteiger partial charge in [-0.1, -0.05) is 41.0 Å². The summed E-state index contributed by atoms with van der Waals surface area (Å²) in [7, 11) is 2.88. The zero-order valence-electron chi connectivity index (χ0n) is 14.3. The lowest BCUT2D eigenvalue weighted by atomic mass is 10.2. The fraction of sp³-hybridized carbons (Fsp3) is 0.250. The van der Waals surface area contributed by atoms with E-state index < -0.39 is 17.2 Å². The van der Waals surface area contributed by atoms with Crippen molar-refractivity contribution in [3.63, 3.8) is 0 Å². The molecule has 8 nitrogen and oxygen atoms in total. The van der Waals surface area contributed by atoms with E-state index in [0.29, 0.717) is 20.8 Å². The molecule has 11 heteroatoms. The molecule has 0 bridgehead atoms. The first-order valence-electron chi connectivity index (χ1n) is 7.65. The molecule has 3 aromatic rings. The molecule has 2 heterocycles. The van der Waals surface area contributed by atoms with Crippen LogP contribution in [0.2, 0.25) is 10.0 Å². The third-order valence-corrected chi connectivity index (χ3v) is 5.53. The zero-order chi connectivity index (χ0) is 19.9. The van der Waals surface area contributed by atoms with Crippen molar-refractivity contribution in [2.75, 3.05) is 5.75 Å². The lowest BCUT2D eigenvalue weighted by Crippen LogP contribution is -2.37. The second-order valence-electron chi connectivity index (χ2n) is 5.78. The van der Waals surface area contributed by atoms with Gasteiger partial charge in [0.15, 0.2) is 16.3 Å². The van der Waals surface area contributed by atoms with Gasteiger partial charge in [-0.05, 0) is 17.7 Å². The third-order valence-electron chi connectivity index (χ3n) is 3.98. The maximum absolute atomic E-state index is 12.7. The Kier molecular flexibility index (Phi) is 5.36. The minimum Gasteiger partial charge on any atom is -0.481 e. The Hall–Kier alpha value is -2.23. The average Bonchev–Trinajstić information content (AvgIpc) is 2.97. The Bertz CT molecular complexity index is 1180. The van der Waals surface area contributed by atoms with Crippen molar-refractivity contribution in [3.8, 4) is 0 Å². The van der Waals surface area contributed by atoms with E-state index in [0.717, 1.165) is 16.3 Å². The molecular weight excluding hydrogens is 415 g/mol. The van der Waals surface area contributed by atoms with Crippen LogP contribution < -0.4 is 11.2 Å². The highest BCUT2D eigenvalue weighted by atomic mass is 35.5. The van der Waals surface area contributed by atoms with Gasteiger partial charge in [0, 0.05) is 24.1 Å². The van der Waals surface area contributed by atoms with Crippen molar-refractivity contribution in [2.45, 2.75) is 11.7 Å². The van der Waals surface area contributed by atoms with Crippen LogP contribution in [0.4, 0.5) is 0 Å². The largest absolute Gasteiger partial charge is 0.481 e. The molecular formula is C16H14Cl2N4O4S. The van der Waals surface area contributed by atoms with Crippen LogP contribution in [0.3, 0.4) is 0 Å². The van der Waals surface area contributed by atoms with E-state index in [1.165, 1.54) is 18.7 Å². The maximum atomic E-state index is 12.7. The van der Waals surface area contributed by atoms with Gasteiger partial charge in [0.1, 0.15) is 0 Å². The Labute approximate surface area is 167 Å². The van der Waals surface area contributed by atoms with Crippen LogP contribution in [-0.4, -0.2) is 35.5 Å². The van der Waals surface area contributed by atoms with Crippen molar-refractivity contribution in [1.82, 2.24) is 18.7 Å². The van der Waals surface area contributed by atoms with Gasteiger partial charge < -0.3 is 9.67 Å². The number of hydrogen-bond acceptors (Lipinski definition) is 5. The normalized spacial score (nSPS) is 11.3. The Morgan fingerprint density at radius 3 is 2.56 bits per heavy atom. The van der Waals surface area contributed by atoms with Crippen LogP contribution in [0.1, 0.15) is 5.56 Å². The van der Waals surface area contributed by atoms with Gasteiger partial charge in [-0.15, -0.1) is 0 Å². The maximum Gasteiger partial charge on any atom is 0.332 e. The summed E-state index contributed by atoms with van der Waals surface area (Å²) >= 11 is 13.1. The lowest BCUT2D eigenvalue weighted by Gasteiger charge is -2.10. The Morgan fingerprint density at radius 1 is 1.22 bits per heavy atom. The Balaban J connectivity index is 2.26. The summed E-state index contributed by atoms with van der Waals surface area (Å²) in [5.74, 6) is -1.27. The molecule has 0 saturated carbocycles. The Morgan fingerprint density at radius 2 is 1.93 bits per heavy atom. The van der Waals surface area contributed by atoms with E-state index in [-0.39, 0.29) is 23.5 Å². The van der Waals surface area contributed by atoms with Crippen LogP contribution in [-0.2, 0) is 25.4 Å². The summed E-state index contributed by atoms with van der Waals surface area (Å²) in [5.41, 5.74) is 0.0114. The van der Waals surface area contributed by atoms with Crippen LogP contribution in [0.15, 0.2) is 32.9 Å². The molecule has 3 rings (SSSR count). The standard InChI is InChI=1S/C16H14Cl2N4O4S/c1-20-13-12(14(25)21(2)16(20)26)22(15(19-13)27-7-11(23)24)6-8-3-4-9(17)5-10(8)18/h3-5H,6-7H2,1-2H3,(H,23,24). The molecule has 0 aliphatic rings. The van der Waals surface area contributed by atoms with Gasteiger partial charge in [-0.3, -0.25) is 18.7 Å². The fourth-order valence-electron chi connectivity index (χ4n) is 2.63. The van der Waals surface area contributed by atoms with Crippen molar-refractivity contribution in [3.05, 3.63) is 54.6 Å². The van der Waals surface area contributed by atoms with Crippen molar-refractivity contribution < 1.29 is 9.90 Å². The molecule has 1 N–H and O–H groups in total. The lowest BCUT2D eigenvalue weighted by molar-refractivity contribution is -0.133. The summed E-state index contributed by atoms with van der Waals surface area (Å²) in [6, 6.07) is 4.96. The summed E-state index contributed by atoms with van der Waals surface area (Å²) in [5, 5.41) is 10.2. The molecule has 0 atom stereocenters. The summed E-state index contributed by atoms with van der Waals surface area (Å²) in [6.45, 7) is 0.169. The van der Waals surface area contributed by atoms with E-state index in [2.05, 4.69) is 4.98 Å². The quantitative estimate of drug-likeness (QED) is 0.623. The number of carbonyl (C=O) groups is 1. The van der Waals surface area contributed by atoms with E-state index >= 15 is 0 Å². The highest BCUT2D eigenvalue weighted by Gasteiger charge is 2.20. The first-order chi connectivity index (χ1) is 12.7. The summed E-state index contributed by atoms with van der Waals surface area (Å²) in [4.78, 5) is 40.2. The molecule has 0 fully saturated rings. The van der Waals surface area contributed by atoms with Gasteiger partial charge in [0.25, 0.3) is 5.56 Å². The molecule has 1 aromatic carbocycles. The molecule has 0 aliphatic carbocycles. The minimum atomic E-state index is -1.02. The molecule has 2 aromatic heterocycles. The van der Waals surface area contributed by atoms with Crippen LogP contribution >= 0.6 is 35.0 Å². The number of benzene rings is 1. The molecule has 27 heavy (non-hydrogen) atoms. The van der Waals surface area contributed by atoms with Gasteiger partial charge in [-0.2, -0.15) is 0 Å². The van der Waals surface area contributed by atoms with E-state index in [1.54, 1.807) is 22.8 Å². The first kappa shape index (κ1) is 19.5. The molecule has 0 saturated heterocycles. The highest BCUT2D eigenvalue weighted by Crippen LogP contribution is 2.26. The molecule has 142 valence electrons. The topological polar surface area (TPSA) is 99.1 Å². The number of hydrogen-bond donors (Lipinski definition) is 1. The number of carboxylic acid groups (broad SMARTS) is 1. The van der Waals surface area contributed by atoms with Crippen molar-refractivity contribution >= 4 is 52.1 Å². The minimum absolute atomic E-state index is 0.169. The first-order valence-corrected chi connectivity index (χ1v) is 9.39. The number of carboxylic acids is 1. The van der Waals surface area contributed by atoms with Gasteiger partial charge in [0.05, 0.1) is 12.3 Å².